The third-order valence-corrected chi connectivity index (χ3v) is 2.07. The van der Waals surface area contributed by atoms with E-state index < -0.39 is 5.97 Å². The van der Waals surface area contributed by atoms with E-state index in [-0.39, 0.29) is 11.9 Å². The van der Waals surface area contributed by atoms with E-state index in [1.807, 2.05) is 6.92 Å². The predicted octanol–water partition coefficient (Wildman–Crippen LogP) is 0.662. The molecule has 0 spiro atoms. The molecule has 0 radical (unpaired) electrons. The monoisotopic (exact) mass is 213 g/mol. The molecule has 1 heterocycles. The average molecular weight is 213 g/mol. The van der Waals surface area contributed by atoms with Gasteiger partial charge in [0.2, 0.25) is 0 Å². The fourth-order valence-corrected chi connectivity index (χ4v) is 1.09. The van der Waals surface area contributed by atoms with Gasteiger partial charge < -0.3 is 9.47 Å². The average Bonchev–Trinajstić information content (AvgIpc) is 2.74. The third-order valence-electron chi connectivity index (χ3n) is 2.07. The summed E-state index contributed by atoms with van der Waals surface area (Å²) in [5.41, 5.74) is 0. The first-order chi connectivity index (χ1) is 7.19. The Morgan fingerprint density at radius 1 is 1.60 bits per heavy atom. The standard InChI is InChI=1S/C9H15N3O3/c1-7(4-5-14-2)12-6-10-8(11-12)9(13)15-3/h6-7H,4-5H2,1-3H3. The smallest absolute Gasteiger partial charge is 0.377 e. The lowest BCUT2D eigenvalue weighted by atomic mass is 10.2. The second kappa shape index (κ2) is 5.45. The van der Waals surface area contributed by atoms with Crippen LogP contribution in [-0.4, -0.2) is 41.6 Å². The second-order valence-corrected chi connectivity index (χ2v) is 3.17. The van der Waals surface area contributed by atoms with E-state index in [0.717, 1.165) is 6.42 Å². The van der Waals surface area contributed by atoms with Crippen LogP contribution in [0.15, 0.2) is 6.33 Å². The molecular formula is C9H15N3O3. The van der Waals surface area contributed by atoms with E-state index in [1.165, 1.54) is 13.4 Å². The number of esters is 1. The molecule has 0 saturated carbocycles. The highest BCUT2D eigenvalue weighted by atomic mass is 16.5. The summed E-state index contributed by atoms with van der Waals surface area (Å²) >= 11 is 0. The number of hydrogen-bond acceptors (Lipinski definition) is 5. The van der Waals surface area contributed by atoms with Crippen molar-refractivity contribution in [2.45, 2.75) is 19.4 Å². The molecule has 0 bridgehead atoms. The van der Waals surface area contributed by atoms with Crippen LogP contribution in [0.1, 0.15) is 30.0 Å². The van der Waals surface area contributed by atoms with Crippen LogP contribution in [0.4, 0.5) is 0 Å². The summed E-state index contributed by atoms with van der Waals surface area (Å²) in [6.07, 6.45) is 2.34. The molecule has 15 heavy (non-hydrogen) atoms. The first-order valence-corrected chi connectivity index (χ1v) is 4.67. The summed E-state index contributed by atoms with van der Waals surface area (Å²) in [6, 6.07) is 0.149. The molecule has 1 aromatic rings. The van der Waals surface area contributed by atoms with Gasteiger partial charge in [0.25, 0.3) is 5.82 Å². The maximum atomic E-state index is 11.1. The van der Waals surface area contributed by atoms with Crippen LogP contribution >= 0.6 is 0 Å². The van der Waals surface area contributed by atoms with Crippen molar-refractivity contribution in [2.75, 3.05) is 20.8 Å². The van der Waals surface area contributed by atoms with E-state index in [0.29, 0.717) is 6.61 Å². The fourth-order valence-electron chi connectivity index (χ4n) is 1.09. The quantitative estimate of drug-likeness (QED) is 0.672. The highest BCUT2D eigenvalue weighted by Crippen LogP contribution is 2.08. The molecule has 0 aliphatic heterocycles. The molecule has 0 aliphatic carbocycles. The Hall–Kier alpha value is -1.43. The lowest BCUT2D eigenvalue weighted by Crippen LogP contribution is -2.10. The molecule has 6 nitrogen and oxygen atoms in total. The first-order valence-electron chi connectivity index (χ1n) is 4.67. The third kappa shape index (κ3) is 3.02. The van der Waals surface area contributed by atoms with Gasteiger partial charge in [0, 0.05) is 13.7 Å². The van der Waals surface area contributed by atoms with Crippen molar-refractivity contribution in [1.29, 1.82) is 0 Å². The van der Waals surface area contributed by atoms with Gasteiger partial charge in [-0.05, 0) is 13.3 Å². The Morgan fingerprint density at radius 3 is 2.93 bits per heavy atom. The van der Waals surface area contributed by atoms with Gasteiger partial charge in [0.05, 0.1) is 13.2 Å². The number of ether oxygens (including phenoxy) is 2. The summed E-state index contributed by atoms with van der Waals surface area (Å²) in [6.45, 7) is 2.63. The van der Waals surface area contributed by atoms with Gasteiger partial charge >= 0.3 is 5.97 Å². The number of carbonyl (C=O) groups is 1. The van der Waals surface area contributed by atoms with Crippen LogP contribution in [0, 0.1) is 0 Å². The summed E-state index contributed by atoms with van der Waals surface area (Å²) in [7, 11) is 2.95. The fraction of sp³-hybridized carbons (Fsp3) is 0.667. The van der Waals surface area contributed by atoms with Crippen LogP contribution in [0.25, 0.3) is 0 Å². The zero-order chi connectivity index (χ0) is 11.3. The molecule has 6 heteroatoms. The summed E-state index contributed by atoms with van der Waals surface area (Å²) in [5, 5.41) is 4.01. The number of aromatic nitrogens is 3. The second-order valence-electron chi connectivity index (χ2n) is 3.17. The highest BCUT2D eigenvalue weighted by molar-refractivity contribution is 5.84. The molecule has 0 amide bonds. The predicted molar refractivity (Wildman–Crippen MR) is 52.6 cm³/mol. The summed E-state index contributed by atoms with van der Waals surface area (Å²) in [5.74, 6) is -0.436. The van der Waals surface area contributed by atoms with Crippen LogP contribution in [-0.2, 0) is 9.47 Å². The normalized spacial score (nSPS) is 12.5. The highest BCUT2D eigenvalue weighted by Gasteiger charge is 2.13. The number of hydrogen-bond donors (Lipinski definition) is 0. The van der Waals surface area contributed by atoms with Crippen LogP contribution in [0.2, 0.25) is 0 Å². The minimum absolute atomic E-state index is 0.0850. The van der Waals surface area contributed by atoms with Gasteiger partial charge in [0.1, 0.15) is 6.33 Å². The Morgan fingerprint density at radius 2 is 2.33 bits per heavy atom. The zero-order valence-electron chi connectivity index (χ0n) is 9.14. The molecular weight excluding hydrogens is 198 g/mol. The van der Waals surface area contributed by atoms with Gasteiger partial charge in [-0.25, -0.2) is 14.5 Å². The molecule has 0 N–H and O–H groups in total. The SMILES string of the molecule is COCCC(C)n1cnc(C(=O)OC)n1. The minimum Gasteiger partial charge on any atom is -0.463 e. The van der Waals surface area contributed by atoms with E-state index >= 15 is 0 Å². The minimum atomic E-state index is -0.521. The van der Waals surface area contributed by atoms with E-state index in [2.05, 4.69) is 14.8 Å². The maximum Gasteiger partial charge on any atom is 0.377 e. The Bertz CT molecular complexity index is 324. The molecule has 0 saturated heterocycles. The molecule has 1 aromatic heterocycles. The van der Waals surface area contributed by atoms with Crippen LogP contribution < -0.4 is 0 Å². The summed E-state index contributed by atoms with van der Waals surface area (Å²) < 4.78 is 11.1. The molecule has 1 atom stereocenters. The van der Waals surface area contributed by atoms with Crippen molar-refractivity contribution >= 4 is 5.97 Å². The van der Waals surface area contributed by atoms with E-state index in [9.17, 15) is 4.79 Å². The van der Waals surface area contributed by atoms with Crippen LogP contribution in [0.3, 0.4) is 0 Å². The van der Waals surface area contributed by atoms with Gasteiger partial charge in [-0.15, -0.1) is 5.10 Å². The van der Waals surface area contributed by atoms with Gasteiger partial charge in [0.15, 0.2) is 0 Å². The van der Waals surface area contributed by atoms with Gasteiger partial charge in [-0.1, -0.05) is 0 Å². The molecule has 0 aliphatic rings. The van der Waals surface area contributed by atoms with Crippen molar-refractivity contribution in [3.05, 3.63) is 12.2 Å². The lowest BCUT2D eigenvalue weighted by molar-refractivity contribution is 0.0586. The maximum absolute atomic E-state index is 11.1. The van der Waals surface area contributed by atoms with Crippen LogP contribution in [0.5, 0.6) is 0 Å². The number of nitrogens with zero attached hydrogens (tertiary/aromatic N) is 3. The topological polar surface area (TPSA) is 66.2 Å². The van der Waals surface area contributed by atoms with Crippen molar-refractivity contribution in [1.82, 2.24) is 14.8 Å². The van der Waals surface area contributed by atoms with Crippen molar-refractivity contribution in [3.8, 4) is 0 Å². The largest absolute Gasteiger partial charge is 0.463 e. The zero-order valence-corrected chi connectivity index (χ0v) is 9.14. The van der Waals surface area contributed by atoms with E-state index in [4.69, 9.17) is 4.74 Å². The first kappa shape index (κ1) is 11.6. The number of rotatable bonds is 5. The van der Waals surface area contributed by atoms with E-state index in [1.54, 1.807) is 11.8 Å². The summed E-state index contributed by atoms with van der Waals surface area (Å²) in [4.78, 5) is 14.9. The van der Waals surface area contributed by atoms with Crippen molar-refractivity contribution < 1.29 is 14.3 Å². The van der Waals surface area contributed by atoms with Crippen molar-refractivity contribution in [3.63, 3.8) is 0 Å². The molecule has 84 valence electrons. The van der Waals surface area contributed by atoms with Crippen molar-refractivity contribution in [2.24, 2.45) is 0 Å². The van der Waals surface area contributed by atoms with Gasteiger partial charge in [-0.2, -0.15) is 0 Å². The molecule has 1 rings (SSSR count). The Balaban J connectivity index is 2.62. The lowest BCUT2D eigenvalue weighted by Gasteiger charge is -2.09. The van der Waals surface area contributed by atoms with Gasteiger partial charge in [-0.3, -0.25) is 0 Å². The number of methoxy groups -OCH3 is 2. The molecule has 1 unspecified atom stereocenters. The molecule has 0 fully saturated rings. The Kier molecular flexibility index (Phi) is 4.23. The molecule has 0 aromatic carbocycles. The number of carbonyl (C=O) groups excluding carboxylic acids is 1. The Labute approximate surface area is 88.2 Å².